The van der Waals surface area contributed by atoms with E-state index in [1.807, 2.05) is 6.92 Å². The van der Waals surface area contributed by atoms with Crippen molar-refractivity contribution in [2.24, 2.45) is 0 Å². The normalized spacial score (nSPS) is 27.1. The monoisotopic (exact) mass is 373 g/mol. The molecule has 3 heterocycles. The van der Waals surface area contributed by atoms with Crippen molar-refractivity contribution in [2.45, 2.75) is 44.7 Å². The maximum absolute atomic E-state index is 13.0. The van der Waals surface area contributed by atoms with Crippen molar-refractivity contribution < 1.29 is 23.9 Å². The predicted molar refractivity (Wildman–Crippen MR) is 95.2 cm³/mol. The molecule has 4 amide bonds. The van der Waals surface area contributed by atoms with Gasteiger partial charge in [-0.3, -0.25) is 14.5 Å². The lowest BCUT2D eigenvalue weighted by atomic mass is 9.91. The van der Waals surface area contributed by atoms with Gasteiger partial charge in [-0.1, -0.05) is 6.07 Å². The van der Waals surface area contributed by atoms with Crippen LogP contribution < -0.4 is 14.8 Å². The van der Waals surface area contributed by atoms with Gasteiger partial charge in [0.2, 0.25) is 12.7 Å². The molecule has 27 heavy (non-hydrogen) atoms. The molecule has 0 saturated carbocycles. The molecule has 1 aromatic rings. The Labute approximate surface area is 157 Å². The third-order valence-electron chi connectivity index (χ3n) is 5.64. The van der Waals surface area contributed by atoms with E-state index in [1.165, 1.54) is 0 Å². The Kier molecular flexibility index (Phi) is 4.20. The van der Waals surface area contributed by atoms with E-state index in [1.54, 1.807) is 30.0 Å². The Hall–Kier alpha value is -2.77. The molecule has 144 valence electrons. The van der Waals surface area contributed by atoms with Gasteiger partial charge >= 0.3 is 6.03 Å². The maximum atomic E-state index is 13.0. The number of fused-ring (bicyclic) bond motifs is 1. The highest BCUT2D eigenvalue weighted by Crippen LogP contribution is 2.37. The van der Waals surface area contributed by atoms with E-state index in [9.17, 15) is 14.4 Å². The molecule has 0 unspecified atom stereocenters. The molecule has 8 nitrogen and oxygen atoms in total. The molecule has 1 aromatic carbocycles. The number of benzene rings is 1. The van der Waals surface area contributed by atoms with Crippen molar-refractivity contribution in [3.8, 4) is 11.5 Å². The van der Waals surface area contributed by atoms with E-state index in [-0.39, 0.29) is 25.3 Å². The van der Waals surface area contributed by atoms with E-state index in [0.29, 0.717) is 23.6 Å². The third-order valence-corrected chi connectivity index (χ3v) is 5.64. The summed E-state index contributed by atoms with van der Waals surface area (Å²) >= 11 is 0. The van der Waals surface area contributed by atoms with Crippen LogP contribution in [0.5, 0.6) is 11.5 Å². The molecule has 0 bridgehead atoms. The molecule has 0 radical (unpaired) electrons. The van der Waals surface area contributed by atoms with Crippen LogP contribution in [-0.4, -0.2) is 53.6 Å². The number of amides is 4. The first-order valence-electron chi connectivity index (χ1n) is 9.24. The number of ether oxygens (including phenoxy) is 2. The lowest BCUT2D eigenvalue weighted by Crippen LogP contribution is -2.48. The Balaban J connectivity index is 1.54. The van der Waals surface area contributed by atoms with Gasteiger partial charge < -0.3 is 19.7 Å². The molecule has 0 spiro atoms. The molecular weight excluding hydrogens is 350 g/mol. The first kappa shape index (κ1) is 17.6. The molecule has 0 aromatic heterocycles. The minimum absolute atomic E-state index is 0.129. The van der Waals surface area contributed by atoms with Crippen LogP contribution in [0.2, 0.25) is 0 Å². The minimum Gasteiger partial charge on any atom is -0.454 e. The molecule has 3 aliphatic heterocycles. The maximum Gasteiger partial charge on any atom is 0.325 e. The van der Waals surface area contributed by atoms with E-state index in [4.69, 9.17) is 9.47 Å². The van der Waals surface area contributed by atoms with Gasteiger partial charge in [-0.2, -0.15) is 0 Å². The van der Waals surface area contributed by atoms with Gasteiger partial charge in [0.05, 0.1) is 0 Å². The molecule has 4 rings (SSSR count). The van der Waals surface area contributed by atoms with Crippen LogP contribution in [0.1, 0.15) is 38.7 Å². The van der Waals surface area contributed by atoms with Crippen molar-refractivity contribution in [2.75, 3.05) is 19.9 Å². The number of piperidine rings is 1. The summed E-state index contributed by atoms with van der Waals surface area (Å²) in [7, 11) is 0. The number of hydrogen-bond donors (Lipinski definition) is 1. The van der Waals surface area contributed by atoms with Crippen molar-refractivity contribution in [3.63, 3.8) is 0 Å². The van der Waals surface area contributed by atoms with Gasteiger partial charge in [-0.25, -0.2) is 4.79 Å². The lowest BCUT2D eigenvalue weighted by Gasteiger charge is -2.34. The molecule has 2 saturated heterocycles. The van der Waals surface area contributed by atoms with Crippen molar-refractivity contribution in [1.29, 1.82) is 0 Å². The number of urea groups is 1. The summed E-state index contributed by atoms with van der Waals surface area (Å²) < 4.78 is 10.7. The zero-order valence-corrected chi connectivity index (χ0v) is 15.5. The standard InChI is InChI=1S/C19H23N3O5/c1-12-5-3-4-8-21(12)16(23)10-22-17(24)19(2,20-18(22)25)13-6-7-14-15(9-13)27-11-26-14/h6-7,9,12H,3-5,8,10-11H2,1-2H3,(H,20,25)/t12-,19-/m0/s1. The van der Waals surface area contributed by atoms with E-state index < -0.39 is 17.5 Å². The first-order chi connectivity index (χ1) is 12.9. The van der Waals surface area contributed by atoms with Crippen LogP contribution in [-0.2, 0) is 15.1 Å². The topological polar surface area (TPSA) is 88.2 Å². The van der Waals surface area contributed by atoms with Crippen LogP contribution in [0.3, 0.4) is 0 Å². The quantitative estimate of drug-likeness (QED) is 0.813. The fourth-order valence-corrected chi connectivity index (χ4v) is 3.94. The van der Waals surface area contributed by atoms with Gasteiger partial charge in [0.15, 0.2) is 11.5 Å². The molecule has 2 fully saturated rings. The molecule has 8 heteroatoms. The van der Waals surface area contributed by atoms with Crippen molar-refractivity contribution in [1.82, 2.24) is 15.1 Å². The average Bonchev–Trinajstić information content (AvgIpc) is 3.20. The summed E-state index contributed by atoms with van der Waals surface area (Å²) in [5, 5.41) is 2.73. The van der Waals surface area contributed by atoms with Gasteiger partial charge in [-0.15, -0.1) is 0 Å². The number of nitrogens with zero attached hydrogens (tertiary/aromatic N) is 2. The predicted octanol–water partition coefficient (Wildman–Crippen LogP) is 1.58. The highest BCUT2D eigenvalue weighted by molar-refractivity contribution is 6.09. The summed E-state index contributed by atoms with van der Waals surface area (Å²) in [6, 6.07) is 4.71. The highest BCUT2D eigenvalue weighted by Gasteiger charge is 2.50. The van der Waals surface area contributed by atoms with Crippen LogP contribution >= 0.6 is 0 Å². The lowest BCUT2D eigenvalue weighted by molar-refractivity contribution is -0.140. The number of carbonyl (C=O) groups is 3. The fourth-order valence-electron chi connectivity index (χ4n) is 3.94. The average molecular weight is 373 g/mol. The van der Waals surface area contributed by atoms with Crippen LogP contribution in [0.15, 0.2) is 18.2 Å². The highest BCUT2D eigenvalue weighted by atomic mass is 16.7. The molecule has 0 aliphatic carbocycles. The first-order valence-corrected chi connectivity index (χ1v) is 9.24. The number of rotatable bonds is 3. The van der Waals surface area contributed by atoms with E-state index in [0.717, 1.165) is 24.2 Å². The van der Waals surface area contributed by atoms with Crippen molar-refractivity contribution in [3.05, 3.63) is 23.8 Å². The number of hydrogen-bond acceptors (Lipinski definition) is 5. The largest absolute Gasteiger partial charge is 0.454 e. The Morgan fingerprint density at radius 3 is 2.81 bits per heavy atom. The fraction of sp³-hybridized carbons (Fsp3) is 0.526. The summed E-state index contributed by atoms with van der Waals surface area (Å²) in [5.74, 6) is 0.502. The summed E-state index contributed by atoms with van der Waals surface area (Å²) in [4.78, 5) is 41.0. The van der Waals surface area contributed by atoms with Gasteiger partial charge in [0.25, 0.3) is 5.91 Å². The number of nitrogens with one attached hydrogen (secondary N) is 1. The van der Waals surface area contributed by atoms with Crippen LogP contribution in [0.4, 0.5) is 4.79 Å². The third kappa shape index (κ3) is 2.89. The summed E-state index contributed by atoms with van der Waals surface area (Å²) in [5.41, 5.74) is -0.655. The van der Waals surface area contributed by atoms with Crippen LogP contribution in [0.25, 0.3) is 0 Å². The van der Waals surface area contributed by atoms with Crippen LogP contribution in [0, 0.1) is 0 Å². The second-order valence-corrected chi connectivity index (χ2v) is 7.45. The second-order valence-electron chi connectivity index (χ2n) is 7.45. The molecular formula is C19H23N3O5. The van der Waals surface area contributed by atoms with E-state index >= 15 is 0 Å². The minimum atomic E-state index is -1.24. The zero-order chi connectivity index (χ0) is 19.2. The zero-order valence-electron chi connectivity index (χ0n) is 15.5. The molecule has 2 atom stereocenters. The molecule has 3 aliphatic rings. The number of likely N-dealkylation sites (tertiary alicyclic amines) is 1. The van der Waals surface area contributed by atoms with Gasteiger partial charge in [0.1, 0.15) is 12.1 Å². The second kappa shape index (κ2) is 6.44. The Bertz CT molecular complexity index is 811. The number of imide groups is 1. The smallest absolute Gasteiger partial charge is 0.325 e. The molecule has 1 N–H and O–H groups in total. The summed E-state index contributed by atoms with van der Waals surface area (Å²) in [6.45, 7) is 4.20. The SMILES string of the molecule is C[C@H]1CCCCN1C(=O)CN1C(=O)N[C@@](C)(c2ccc3c(c2)OCO3)C1=O. The van der Waals surface area contributed by atoms with Crippen molar-refractivity contribution >= 4 is 17.8 Å². The van der Waals surface area contributed by atoms with Gasteiger partial charge in [0, 0.05) is 12.6 Å². The summed E-state index contributed by atoms with van der Waals surface area (Å²) in [6.07, 6.45) is 2.99. The van der Waals surface area contributed by atoms with E-state index in [2.05, 4.69) is 5.32 Å². The van der Waals surface area contributed by atoms with Gasteiger partial charge in [-0.05, 0) is 50.8 Å². The number of carbonyl (C=O) groups excluding carboxylic acids is 3. The Morgan fingerprint density at radius 2 is 2.04 bits per heavy atom. The Morgan fingerprint density at radius 1 is 1.26 bits per heavy atom.